The van der Waals surface area contributed by atoms with Crippen LogP contribution in [-0.2, 0) is 6.42 Å². The summed E-state index contributed by atoms with van der Waals surface area (Å²) in [6, 6.07) is 4.99. The minimum absolute atomic E-state index is 0.135. The lowest BCUT2D eigenvalue weighted by molar-refractivity contribution is -0.0182. The Hall–Kier alpha value is -1.81. The second kappa shape index (κ2) is 2.84. The second-order valence-corrected chi connectivity index (χ2v) is 3.55. The molecule has 4 nitrogen and oxygen atoms in total. The first kappa shape index (κ1) is 8.49. The Morgan fingerprint density at radius 2 is 2.20 bits per heavy atom. The van der Waals surface area contributed by atoms with E-state index < -0.39 is 6.29 Å². The number of nitrogens with zero attached hydrogens (tertiary/aromatic N) is 1. The molecule has 1 unspecified atom stereocenters. The van der Waals surface area contributed by atoms with E-state index in [0.29, 0.717) is 17.7 Å². The molecular weight excluding hydrogens is 194 g/mol. The minimum atomic E-state index is -0.812. The molecule has 0 saturated carbocycles. The van der Waals surface area contributed by atoms with Crippen LogP contribution < -0.4 is 4.74 Å². The summed E-state index contributed by atoms with van der Waals surface area (Å²) in [7, 11) is 0. The first-order valence-corrected chi connectivity index (χ1v) is 4.70. The normalized spacial score (nSPS) is 18.9. The van der Waals surface area contributed by atoms with Gasteiger partial charge >= 0.3 is 0 Å². The van der Waals surface area contributed by atoms with Gasteiger partial charge in [-0.25, -0.2) is 0 Å². The number of aromatic nitrogens is 1. The molecule has 0 fully saturated rings. The van der Waals surface area contributed by atoms with Crippen LogP contribution in [0.15, 0.2) is 24.4 Å². The van der Waals surface area contributed by atoms with Gasteiger partial charge in [-0.15, -0.1) is 0 Å². The van der Waals surface area contributed by atoms with Crippen LogP contribution >= 0.6 is 0 Å². The van der Waals surface area contributed by atoms with Gasteiger partial charge < -0.3 is 14.9 Å². The van der Waals surface area contributed by atoms with Gasteiger partial charge in [-0.05, 0) is 23.8 Å². The van der Waals surface area contributed by atoms with Crippen molar-refractivity contribution in [2.45, 2.75) is 12.7 Å². The molecule has 0 aliphatic carbocycles. The van der Waals surface area contributed by atoms with Crippen molar-refractivity contribution in [3.63, 3.8) is 0 Å². The van der Waals surface area contributed by atoms with Gasteiger partial charge in [0.1, 0.15) is 17.0 Å². The first-order chi connectivity index (χ1) is 7.25. The summed E-state index contributed by atoms with van der Waals surface area (Å²) < 4.78 is 5.26. The molecule has 1 aromatic carbocycles. The van der Waals surface area contributed by atoms with Crippen LogP contribution in [0.5, 0.6) is 11.5 Å². The van der Waals surface area contributed by atoms with E-state index in [1.54, 1.807) is 12.3 Å². The van der Waals surface area contributed by atoms with Crippen molar-refractivity contribution in [2.24, 2.45) is 0 Å². The van der Waals surface area contributed by atoms with Gasteiger partial charge in [-0.1, -0.05) is 0 Å². The maximum atomic E-state index is 9.63. The topological polar surface area (TPSA) is 62.6 Å². The molecule has 1 aromatic heterocycles. The second-order valence-electron chi connectivity index (χ2n) is 3.55. The Bertz CT molecular complexity index is 526. The summed E-state index contributed by atoms with van der Waals surface area (Å²) in [6.45, 7) is 0. The highest BCUT2D eigenvalue weighted by molar-refractivity contribution is 5.93. The Labute approximate surface area is 85.8 Å². The third kappa shape index (κ3) is 1.15. The van der Waals surface area contributed by atoms with Crippen molar-refractivity contribution in [3.8, 4) is 11.5 Å². The van der Waals surface area contributed by atoms with Gasteiger partial charge in [0.2, 0.25) is 6.29 Å². The Kier molecular flexibility index (Phi) is 1.61. The van der Waals surface area contributed by atoms with E-state index in [2.05, 4.69) is 4.98 Å². The van der Waals surface area contributed by atoms with Crippen molar-refractivity contribution < 1.29 is 14.9 Å². The zero-order valence-corrected chi connectivity index (χ0v) is 7.84. The van der Waals surface area contributed by atoms with E-state index in [0.717, 1.165) is 10.9 Å². The van der Waals surface area contributed by atoms with Crippen molar-refractivity contribution in [1.29, 1.82) is 0 Å². The predicted molar refractivity (Wildman–Crippen MR) is 53.7 cm³/mol. The predicted octanol–water partition coefficient (Wildman–Crippen LogP) is 1.19. The van der Waals surface area contributed by atoms with E-state index in [1.807, 2.05) is 6.07 Å². The number of aliphatic hydroxyl groups is 1. The number of aliphatic hydroxyl groups excluding tert-OH is 1. The molecule has 1 aliphatic heterocycles. The monoisotopic (exact) mass is 203 g/mol. The lowest BCUT2D eigenvalue weighted by Crippen LogP contribution is -2.22. The van der Waals surface area contributed by atoms with Gasteiger partial charge in [-0.2, -0.15) is 0 Å². The number of benzene rings is 1. The van der Waals surface area contributed by atoms with Crippen molar-refractivity contribution in [1.82, 2.24) is 4.98 Å². The average Bonchev–Trinajstić information content (AvgIpc) is 2.23. The number of pyridine rings is 1. The van der Waals surface area contributed by atoms with E-state index in [-0.39, 0.29) is 5.75 Å². The van der Waals surface area contributed by atoms with Gasteiger partial charge in [-0.3, -0.25) is 4.98 Å². The lowest BCUT2D eigenvalue weighted by Gasteiger charge is -2.22. The van der Waals surface area contributed by atoms with Gasteiger partial charge in [0, 0.05) is 18.0 Å². The maximum absolute atomic E-state index is 9.63. The average molecular weight is 203 g/mol. The maximum Gasteiger partial charge on any atom is 0.201 e. The molecule has 76 valence electrons. The number of rotatable bonds is 0. The van der Waals surface area contributed by atoms with Crippen LogP contribution in [0.1, 0.15) is 5.56 Å². The molecule has 0 radical (unpaired) electrons. The van der Waals surface area contributed by atoms with Crippen LogP contribution in [0.3, 0.4) is 0 Å². The number of hydrogen-bond donors (Lipinski definition) is 2. The summed E-state index contributed by atoms with van der Waals surface area (Å²) in [5.74, 6) is 0.709. The van der Waals surface area contributed by atoms with Crippen LogP contribution in [0, 0.1) is 0 Å². The smallest absolute Gasteiger partial charge is 0.201 e. The number of ether oxygens (including phenoxy) is 1. The number of phenolic OH excluding ortho intramolecular Hbond substituents is 1. The highest BCUT2D eigenvalue weighted by atomic mass is 16.6. The van der Waals surface area contributed by atoms with Crippen LogP contribution in [0.25, 0.3) is 10.9 Å². The summed E-state index contributed by atoms with van der Waals surface area (Å²) in [4.78, 5) is 4.10. The third-order valence-electron chi connectivity index (χ3n) is 2.58. The van der Waals surface area contributed by atoms with Crippen molar-refractivity contribution >= 4 is 10.9 Å². The Morgan fingerprint density at radius 3 is 3.07 bits per heavy atom. The summed E-state index contributed by atoms with van der Waals surface area (Å²) in [5, 5.41) is 19.9. The fraction of sp³-hybridized carbons (Fsp3) is 0.182. The molecule has 3 rings (SSSR count). The number of phenols is 1. The molecule has 2 aromatic rings. The molecular formula is C11H9NO3. The summed E-state index contributed by atoms with van der Waals surface area (Å²) in [5.41, 5.74) is 1.47. The van der Waals surface area contributed by atoms with Crippen molar-refractivity contribution in [2.75, 3.05) is 0 Å². The van der Waals surface area contributed by atoms with Crippen LogP contribution in [-0.4, -0.2) is 21.5 Å². The fourth-order valence-electron chi connectivity index (χ4n) is 1.93. The molecule has 2 N–H and O–H groups in total. The highest BCUT2D eigenvalue weighted by Crippen LogP contribution is 2.36. The van der Waals surface area contributed by atoms with Crippen molar-refractivity contribution in [3.05, 3.63) is 30.0 Å². The Balaban J connectivity index is 2.42. The SMILES string of the molecule is Oc1ccc2c3c(ccnc13)CC(O)O2. The third-order valence-corrected chi connectivity index (χ3v) is 2.58. The van der Waals surface area contributed by atoms with E-state index in [4.69, 9.17) is 4.74 Å². The lowest BCUT2D eigenvalue weighted by atomic mass is 10.0. The first-order valence-electron chi connectivity index (χ1n) is 4.70. The zero-order chi connectivity index (χ0) is 10.4. The van der Waals surface area contributed by atoms with E-state index in [9.17, 15) is 10.2 Å². The van der Waals surface area contributed by atoms with E-state index >= 15 is 0 Å². The summed E-state index contributed by atoms with van der Waals surface area (Å²) >= 11 is 0. The molecule has 15 heavy (non-hydrogen) atoms. The molecule has 0 saturated heterocycles. The molecule has 0 amide bonds. The molecule has 1 aliphatic rings. The Morgan fingerprint density at radius 1 is 1.33 bits per heavy atom. The number of aromatic hydroxyl groups is 1. The molecule has 0 spiro atoms. The fourth-order valence-corrected chi connectivity index (χ4v) is 1.93. The molecule has 1 atom stereocenters. The van der Waals surface area contributed by atoms with Gasteiger partial charge in [0.25, 0.3) is 0 Å². The number of hydrogen-bond acceptors (Lipinski definition) is 4. The quantitative estimate of drug-likeness (QED) is 0.675. The zero-order valence-electron chi connectivity index (χ0n) is 7.84. The largest absolute Gasteiger partial charge is 0.506 e. The van der Waals surface area contributed by atoms with Crippen LogP contribution in [0.4, 0.5) is 0 Å². The summed E-state index contributed by atoms with van der Waals surface area (Å²) in [6.07, 6.45) is 1.24. The van der Waals surface area contributed by atoms with Crippen LogP contribution in [0.2, 0.25) is 0 Å². The standard InChI is InChI=1S/C11H9NO3/c13-7-1-2-8-10-6(5-9(14)15-8)3-4-12-11(7)10/h1-4,9,13-14H,5H2. The molecule has 2 heterocycles. The highest BCUT2D eigenvalue weighted by Gasteiger charge is 2.21. The van der Waals surface area contributed by atoms with Gasteiger partial charge in [0.15, 0.2) is 0 Å². The minimum Gasteiger partial charge on any atom is -0.506 e. The van der Waals surface area contributed by atoms with E-state index in [1.165, 1.54) is 6.07 Å². The van der Waals surface area contributed by atoms with Gasteiger partial charge in [0.05, 0.1) is 0 Å². The molecule has 0 bridgehead atoms. The molecule has 4 heteroatoms.